The van der Waals surface area contributed by atoms with Gasteiger partial charge in [0, 0.05) is 18.7 Å². The molecular formula is C15H17F3N2O. The van der Waals surface area contributed by atoms with Gasteiger partial charge in [-0.15, -0.1) is 12.3 Å². The summed E-state index contributed by atoms with van der Waals surface area (Å²) in [4.78, 5) is 10.8. The van der Waals surface area contributed by atoms with Crippen LogP contribution < -0.4 is 10.6 Å². The third kappa shape index (κ3) is 6.82. The third-order valence-electron chi connectivity index (χ3n) is 2.70. The molecule has 0 aliphatic heterocycles. The average molecular weight is 298 g/mol. The van der Waals surface area contributed by atoms with Gasteiger partial charge in [0.2, 0.25) is 0 Å². The summed E-state index contributed by atoms with van der Waals surface area (Å²) in [6, 6.07) is 6.30. The summed E-state index contributed by atoms with van der Waals surface area (Å²) in [6.07, 6.45) is 2.86. The Morgan fingerprint density at radius 1 is 1.29 bits per heavy atom. The molecule has 0 radical (unpaired) electrons. The van der Waals surface area contributed by atoms with Gasteiger partial charge in [-0.1, -0.05) is 12.1 Å². The molecule has 1 rings (SSSR count). The van der Waals surface area contributed by atoms with E-state index >= 15 is 0 Å². The van der Waals surface area contributed by atoms with Crippen LogP contribution in [0.15, 0.2) is 24.3 Å². The fourth-order valence-corrected chi connectivity index (χ4v) is 1.67. The van der Waals surface area contributed by atoms with E-state index in [2.05, 4.69) is 11.2 Å². The highest BCUT2D eigenvalue weighted by atomic mass is 19.4. The van der Waals surface area contributed by atoms with Crippen LogP contribution in [-0.2, 0) is 11.3 Å². The Kier molecular flexibility index (Phi) is 6.76. The Balaban J connectivity index is 2.42. The number of carbonyl (C=O) groups excluding carboxylic acids is 1. The van der Waals surface area contributed by atoms with E-state index in [1.165, 1.54) is 12.1 Å². The normalized spacial score (nSPS) is 11.0. The number of unbranched alkanes of at least 4 members (excludes halogenated alkanes) is 2. The molecule has 0 bridgehead atoms. The molecule has 114 valence electrons. The molecule has 1 aromatic carbocycles. The maximum atomic E-state index is 12.1. The largest absolute Gasteiger partial charge is 0.471 e. The second-order valence-corrected chi connectivity index (χ2v) is 4.49. The molecule has 21 heavy (non-hydrogen) atoms. The van der Waals surface area contributed by atoms with Crippen molar-refractivity contribution in [3.05, 3.63) is 29.8 Å². The van der Waals surface area contributed by atoms with Crippen LogP contribution in [0.5, 0.6) is 0 Å². The number of hydrogen-bond acceptors (Lipinski definition) is 2. The maximum Gasteiger partial charge on any atom is 0.471 e. The number of benzene rings is 1. The molecule has 0 saturated carbocycles. The molecule has 0 aromatic heterocycles. The van der Waals surface area contributed by atoms with E-state index in [1.54, 1.807) is 12.1 Å². The number of amides is 1. The van der Waals surface area contributed by atoms with Gasteiger partial charge in [-0.2, -0.15) is 13.2 Å². The van der Waals surface area contributed by atoms with Crippen molar-refractivity contribution in [2.45, 2.75) is 32.0 Å². The first-order chi connectivity index (χ1) is 9.93. The fraction of sp³-hybridized carbons (Fsp3) is 0.400. The van der Waals surface area contributed by atoms with Crippen LogP contribution in [0.25, 0.3) is 0 Å². The van der Waals surface area contributed by atoms with Gasteiger partial charge in [0.15, 0.2) is 0 Å². The summed E-state index contributed by atoms with van der Waals surface area (Å²) >= 11 is 0. The molecule has 0 unspecified atom stereocenters. The summed E-state index contributed by atoms with van der Waals surface area (Å²) in [5.41, 5.74) is 0.927. The van der Waals surface area contributed by atoms with Crippen LogP contribution in [0.3, 0.4) is 0 Å². The topological polar surface area (TPSA) is 41.1 Å². The highest BCUT2D eigenvalue weighted by molar-refractivity contribution is 5.94. The van der Waals surface area contributed by atoms with E-state index < -0.39 is 12.1 Å². The molecule has 1 amide bonds. The Hall–Kier alpha value is -2.00. The minimum absolute atomic E-state index is 0.129. The third-order valence-corrected chi connectivity index (χ3v) is 2.70. The van der Waals surface area contributed by atoms with Crippen molar-refractivity contribution >= 4 is 11.6 Å². The Labute approximate surface area is 121 Å². The minimum Gasteiger partial charge on any atom is -0.318 e. The minimum atomic E-state index is -4.88. The summed E-state index contributed by atoms with van der Waals surface area (Å²) in [7, 11) is 0. The van der Waals surface area contributed by atoms with Crippen LogP contribution in [0.1, 0.15) is 24.8 Å². The lowest BCUT2D eigenvalue weighted by atomic mass is 10.2. The summed E-state index contributed by atoms with van der Waals surface area (Å²) < 4.78 is 36.4. The van der Waals surface area contributed by atoms with Crippen LogP contribution in [0.2, 0.25) is 0 Å². The monoisotopic (exact) mass is 298 g/mol. The van der Waals surface area contributed by atoms with E-state index in [-0.39, 0.29) is 5.69 Å². The van der Waals surface area contributed by atoms with Crippen molar-refractivity contribution in [2.75, 3.05) is 11.9 Å². The van der Waals surface area contributed by atoms with Gasteiger partial charge >= 0.3 is 12.1 Å². The fourth-order valence-electron chi connectivity index (χ4n) is 1.67. The second kappa shape index (κ2) is 8.32. The van der Waals surface area contributed by atoms with E-state index in [0.29, 0.717) is 6.54 Å². The van der Waals surface area contributed by atoms with E-state index in [1.807, 2.05) is 5.32 Å². The van der Waals surface area contributed by atoms with Gasteiger partial charge in [-0.3, -0.25) is 4.79 Å². The predicted octanol–water partition coefficient (Wildman–Crippen LogP) is 3.08. The van der Waals surface area contributed by atoms with Crippen molar-refractivity contribution < 1.29 is 18.0 Å². The number of rotatable bonds is 7. The van der Waals surface area contributed by atoms with Gasteiger partial charge in [-0.05, 0) is 37.1 Å². The lowest BCUT2D eigenvalue weighted by Gasteiger charge is -2.10. The molecule has 6 heteroatoms. The molecule has 1 aromatic rings. The molecule has 0 aliphatic rings. The average Bonchev–Trinajstić information content (AvgIpc) is 2.42. The van der Waals surface area contributed by atoms with Crippen molar-refractivity contribution in [1.29, 1.82) is 0 Å². The predicted molar refractivity (Wildman–Crippen MR) is 75.5 cm³/mol. The van der Waals surface area contributed by atoms with E-state index in [9.17, 15) is 18.0 Å². The first-order valence-electron chi connectivity index (χ1n) is 6.55. The molecule has 0 heterocycles. The number of hydrogen-bond donors (Lipinski definition) is 2. The molecule has 0 atom stereocenters. The number of terminal acetylenes is 1. The maximum absolute atomic E-state index is 12.1. The van der Waals surface area contributed by atoms with Crippen LogP contribution in [-0.4, -0.2) is 18.6 Å². The van der Waals surface area contributed by atoms with Crippen molar-refractivity contribution in [2.24, 2.45) is 0 Å². The van der Waals surface area contributed by atoms with Gasteiger partial charge < -0.3 is 10.6 Å². The number of halogens is 3. The van der Waals surface area contributed by atoms with Crippen LogP contribution >= 0.6 is 0 Å². The highest BCUT2D eigenvalue weighted by Gasteiger charge is 2.38. The summed E-state index contributed by atoms with van der Waals surface area (Å²) in [5, 5.41) is 4.99. The zero-order valence-corrected chi connectivity index (χ0v) is 11.5. The highest BCUT2D eigenvalue weighted by Crippen LogP contribution is 2.18. The molecular weight excluding hydrogens is 281 g/mol. The first kappa shape index (κ1) is 17.1. The number of carbonyl (C=O) groups is 1. The van der Waals surface area contributed by atoms with Crippen molar-refractivity contribution in [1.82, 2.24) is 5.32 Å². The lowest BCUT2D eigenvalue weighted by Crippen LogP contribution is -2.29. The van der Waals surface area contributed by atoms with Crippen molar-refractivity contribution in [3.63, 3.8) is 0 Å². The van der Waals surface area contributed by atoms with Gasteiger partial charge in [0.1, 0.15) is 0 Å². The first-order valence-corrected chi connectivity index (χ1v) is 6.55. The molecule has 0 aliphatic carbocycles. The smallest absolute Gasteiger partial charge is 0.318 e. The standard InChI is InChI=1S/C15H17F3N2O/c1-2-3-4-5-9-19-11-12-7-6-8-13(10-12)20-14(21)15(16,17)18/h1,6-8,10,19H,3-5,9,11H2,(H,20,21). The molecule has 0 fully saturated rings. The van der Waals surface area contributed by atoms with Gasteiger partial charge in [-0.25, -0.2) is 0 Å². The summed E-state index contributed by atoms with van der Waals surface area (Å²) in [5.74, 6) is 0.584. The number of alkyl halides is 3. The zero-order valence-electron chi connectivity index (χ0n) is 11.5. The Bertz CT molecular complexity index is 506. The number of nitrogens with one attached hydrogen (secondary N) is 2. The van der Waals surface area contributed by atoms with Gasteiger partial charge in [0.05, 0.1) is 0 Å². The summed E-state index contributed by atoms with van der Waals surface area (Å²) in [6.45, 7) is 1.30. The molecule has 3 nitrogen and oxygen atoms in total. The quantitative estimate of drug-likeness (QED) is 0.600. The Morgan fingerprint density at radius 3 is 2.71 bits per heavy atom. The van der Waals surface area contributed by atoms with E-state index in [0.717, 1.165) is 31.4 Å². The van der Waals surface area contributed by atoms with Gasteiger partial charge in [0.25, 0.3) is 0 Å². The second-order valence-electron chi connectivity index (χ2n) is 4.49. The molecule has 0 spiro atoms. The van der Waals surface area contributed by atoms with Crippen molar-refractivity contribution in [3.8, 4) is 12.3 Å². The van der Waals surface area contributed by atoms with Crippen LogP contribution in [0.4, 0.5) is 18.9 Å². The molecule has 0 saturated heterocycles. The lowest BCUT2D eigenvalue weighted by molar-refractivity contribution is -0.167. The zero-order chi connectivity index (χ0) is 15.7. The SMILES string of the molecule is C#CCCCCNCc1cccc(NC(=O)C(F)(F)F)c1. The van der Waals surface area contributed by atoms with E-state index in [4.69, 9.17) is 6.42 Å². The molecule has 2 N–H and O–H groups in total. The Morgan fingerprint density at radius 2 is 2.05 bits per heavy atom. The number of anilines is 1. The van der Waals surface area contributed by atoms with Crippen LogP contribution in [0, 0.1) is 12.3 Å².